The van der Waals surface area contributed by atoms with Crippen molar-refractivity contribution in [2.75, 3.05) is 11.9 Å². The predicted molar refractivity (Wildman–Crippen MR) is 69.7 cm³/mol. The summed E-state index contributed by atoms with van der Waals surface area (Å²) in [6.07, 6.45) is 0. The number of anilines is 1. The van der Waals surface area contributed by atoms with Crippen molar-refractivity contribution in [3.8, 4) is 5.75 Å². The Hall–Kier alpha value is -1.29. The van der Waals surface area contributed by atoms with Crippen molar-refractivity contribution in [1.29, 1.82) is 0 Å². The molecule has 2 aromatic rings. The molecule has 4 heteroatoms. The van der Waals surface area contributed by atoms with Gasteiger partial charge in [-0.1, -0.05) is 11.3 Å². The first-order valence-corrected chi connectivity index (χ1v) is 6.21. The second-order valence-electron chi connectivity index (χ2n) is 3.95. The zero-order valence-electron chi connectivity index (χ0n) is 10.0. The van der Waals surface area contributed by atoms with Crippen molar-refractivity contribution in [1.82, 2.24) is 4.98 Å². The molecule has 3 nitrogen and oxygen atoms in total. The van der Waals surface area contributed by atoms with Crippen LogP contribution in [0.2, 0.25) is 0 Å². The number of rotatable bonds is 2. The minimum Gasteiger partial charge on any atom is -0.507 e. The number of hydrogen-bond acceptors (Lipinski definition) is 4. The fraction of sp³-hybridized carbons (Fsp3) is 0.417. The van der Waals surface area contributed by atoms with Crippen LogP contribution in [0.3, 0.4) is 0 Å². The van der Waals surface area contributed by atoms with Crippen LogP contribution < -0.4 is 5.32 Å². The van der Waals surface area contributed by atoms with Crippen LogP contribution >= 0.6 is 11.3 Å². The van der Waals surface area contributed by atoms with E-state index in [1.807, 2.05) is 20.8 Å². The van der Waals surface area contributed by atoms with Crippen LogP contribution in [0.25, 0.3) is 10.2 Å². The van der Waals surface area contributed by atoms with Crippen molar-refractivity contribution < 1.29 is 5.11 Å². The van der Waals surface area contributed by atoms with Gasteiger partial charge in [-0.15, -0.1) is 0 Å². The quantitative estimate of drug-likeness (QED) is 0.840. The Labute approximate surface area is 99.1 Å². The van der Waals surface area contributed by atoms with Gasteiger partial charge in [0.1, 0.15) is 5.75 Å². The maximum atomic E-state index is 9.98. The number of aromatic hydroxyl groups is 1. The Morgan fingerprint density at radius 2 is 1.88 bits per heavy atom. The molecule has 0 fully saturated rings. The van der Waals surface area contributed by atoms with Crippen molar-refractivity contribution in [3.63, 3.8) is 0 Å². The highest BCUT2D eigenvalue weighted by Gasteiger charge is 2.15. The first kappa shape index (κ1) is 11.2. The fourth-order valence-electron chi connectivity index (χ4n) is 1.80. The number of aromatic nitrogens is 1. The van der Waals surface area contributed by atoms with Crippen molar-refractivity contribution in [2.24, 2.45) is 0 Å². The number of hydrogen-bond donors (Lipinski definition) is 2. The number of nitrogens with zero attached hydrogens (tertiary/aromatic N) is 1. The highest BCUT2D eigenvalue weighted by Crippen LogP contribution is 2.38. The van der Waals surface area contributed by atoms with E-state index < -0.39 is 0 Å². The van der Waals surface area contributed by atoms with E-state index in [4.69, 9.17) is 0 Å². The molecule has 0 unspecified atom stereocenters. The van der Waals surface area contributed by atoms with Gasteiger partial charge in [0.25, 0.3) is 0 Å². The number of aryl methyl sites for hydroxylation is 2. The molecular formula is C12H16N2OS. The van der Waals surface area contributed by atoms with E-state index in [1.54, 1.807) is 11.3 Å². The zero-order valence-corrected chi connectivity index (χ0v) is 10.8. The summed E-state index contributed by atoms with van der Waals surface area (Å²) in [6, 6.07) is 0. The number of benzene rings is 1. The Balaban J connectivity index is 2.76. The Morgan fingerprint density at radius 1 is 1.19 bits per heavy atom. The van der Waals surface area contributed by atoms with E-state index in [-0.39, 0.29) is 0 Å². The monoisotopic (exact) mass is 236 g/mol. The highest BCUT2D eigenvalue weighted by molar-refractivity contribution is 7.22. The van der Waals surface area contributed by atoms with Gasteiger partial charge >= 0.3 is 0 Å². The first-order valence-electron chi connectivity index (χ1n) is 5.39. The number of phenols is 1. The molecule has 2 N–H and O–H groups in total. The molecule has 0 aliphatic heterocycles. The van der Waals surface area contributed by atoms with E-state index in [0.29, 0.717) is 5.75 Å². The molecule has 1 heterocycles. The van der Waals surface area contributed by atoms with Crippen LogP contribution in [0.4, 0.5) is 5.13 Å². The molecule has 16 heavy (non-hydrogen) atoms. The van der Waals surface area contributed by atoms with Gasteiger partial charge in [0.15, 0.2) is 5.13 Å². The average molecular weight is 236 g/mol. The lowest BCUT2D eigenvalue weighted by Crippen LogP contribution is -1.94. The molecule has 0 saturated heterocycles. The third kappa shape index (κ3) is 1.53. The molecule has 0 spiro atoms. The SMILES string of the molecule is CCNc1nc2c(C)c(C)c(O)c(C)c2s1. The lowest BCUT2D eigenvalue weighted by molar-refractivity contribution is 0.467. The number of thiazole rings is 1. The van der Waals surface area contributed by atoms with Crippen LogP contribution in [-0.4, -0.2) is 16.6 Å². The first-order chi connectivity index (χ1) is 7.56. The summed E-state index contributed by atoms with van der Waals surface area (Å²) in [7, 11) is 0. The van der Waals surface area contributed by atoms with Gasteiger partial charge in [0.2, 0.25) is 0 Å². The van der Waals surface area contributed by atoms with Crippen LogP contribution in [0.1, 0.15) is 23.6 Å². The summed E-state index contributed by atoms with van der Waals surface area (Å²) in [5.41, 5.74) is 3.94. The number of nitrogens with one attached hydrogen (secondary N) is 1. The maximum Gasteiger partial charge on any atom is 0.183 e. The molecule has 86 valence electrons. The van der Waals surface area contributed by atoms with Crippen LogP contribution in [0.5, 0.6) is 5.75 Å². The van der Waals surface area contributed by atoms with E-state index in [0.717, 1.165) is 38.6 Å². The molecule has 0 saturated carbocycles. The second kappa shape index (κ2) is 3.94. The molecule has 0 aliphatic rings. The smallest absolute Gasteiger partial charge is 0.183 e. The number of fused-ring (bicyclic) bond motifs is 1. The van der Waals surface area contributed by atoms with E-state index in [9.17, 15) is 5.11 Å². The minimum atomic E-state index is 0.400. The fourth-order valence-corrected chi connectivity index (χ4v) is 2.89. The van der Waals surface area contributed by atoms with Gasteiger partial charge in [-0.3, -0.25) is 0 Å². The Morgan fingerprint density at radius 3 is 2.50 bits per heavy atom. The van der Waals surface area contributed by atoms with Crippen molar-refractivity contribution >= 4 is 26.7 Å². The molecular weight excluding hydrogens is 220 g/mol. The number of phenolic OH excluding ortho intramolecular Hbond substituents is 1. The second-order valence-corrected chi connectivity index (χ2v) is 4.95. The maximum absolute atomic E-state index is 9.98. The van der Waals surface area contributed by atoms with Crippen LogP contribution in [0.15, 0.2) is 0 Å². The van der Waals surface area contributed by atoms with Crippen molar-refractivity contribution in [3.05, 3.63) is 16.7 Å². The topological polar surface area (TPSA) is 45.2 Å². The lowest BCUT2D eigenvalue weighted by Gasteiger charge is -2.07. The van der Waals surface area contributed by atoms with Gasteiger partial charge in [-0.25, -0.2) is 4.98 Å². The summed E-state index contributed by atoms with van der Waals surface area (Å²) < 4.78 is 1.08. The standard InChI is InChI=1S/C12H16N2OS/c1-5-13-12-14-9-6(2)7(3)10(15)8(4)11(9)16-12/h15H,5H2,1-4H3,(H,13,14). The van der Waals surface area contributed by atoms with Gasteiger partial charge < -0.3 is 10.4 Å². The zero-order chi connectivity index (χ0) is 11.9. The average Bonchev–Trinajstić information content (AvgIpc) is 2.68. The molecule has 0 amide bonds. The van der Waals surface area contributed by atoms with Crippen molar-refractivity contribution in [2.45, 2.75) is 27.7 Å². The molecule has 0 aliphatic carbocycles. The normalized spacial score (nSPS) is 11.0. The molecule has 0 atom stereocenters. The third-order valence-electron chi connectivity index (χ3n) is 2.92. The predicted octanol–water partition coefficient (Wildman–Crippen LogP) is 3.36. The van der Waals surface area contributed by atoms with Gasteiger partial charge in [-0.05, 0) is 38.8 Å². The summed E-state index contributed by atoms with van der Waals surface area (Å²) in [4.78, 5) is 4.56. The molecule has 1 aromatic heterocycles. The van der Waals surface area contributed by atoms with Crippen LogP contribution in [-0.2, 0) is 0 Å². The van der Waals surface area contributed by atoms with E-state index >= 15 is 0 Å². The highest BCUT2D eigenvalue weighted by atomic mass is 32.1. The minimum absolute atomic E-state index is 0.400. The van der Waals surface area contributed by atoms with Gasteiger partial charge in [0.05, 0.1) is 10.2 Å². The molecule has 2 rings (SSSR count). The third-order valence-corrected chi connectivity index (χ3v) is 4.06. The molecule has 0 radical (unpaired) electrons. The largest absolute Gasteiger partial charge is 0.507 e. The van der Waals surface area contributed by atoms with E-state index in [2.05, 4.69) is 17.2 Å². The molecule has 0 bridgehead atoms. The lowest BCUT2D eigenvalue weighted by atomic mass is 10.0. The van der Waals surface area contributed by atoms with Gasteiger partial charge in [0, 0.05) is 12.1 Å². The van der Waals surface area contributed by atoms with Crippen LogP contribution in [0, 0.1) is 20.8 Å². The Bertz CT molecular complexity index is 501. The summed E-state index contributed by atoms with van der Waals surface area (Å²) in [5, 5.41) is 14.1. The van der Waals surface area contributed by atoms with E-state index in [1.165, 1.54) is 0 Å². The summed E-state index contributed by atoms with van der Waals surface area (Å²) in [5.74, 6) is 0.400. The molecule has 1 aromatic carbocycles. The summed E-state index contributed by atoms with van der Waals surface area (Å²) in [6.45, 7) is 8.80. The van der Waals surface area contributed by atoms with Gasteiger partial charge in [-0.2, -0.15) is 0 Å². The Kier molecular flexibility index (Phi) is 2.76. The summed E-state index contributed by atoms with van der Waals surface area (Å²) >= 11 is 1.60.